The van der Waals surface area contributed by atoms with Gasteiger partial charge in [0, 0.05) is 51.9 Å². The van der Waals surface area contributed by atoms with E-state index in [9.17, 15) is 9.90 Å². The molecule has 2 saturated heterocycles. The largest absolute Gasteiger partial charge is 0.481 e. The molecule has 23 heavy (non-hydrogen) atoms. The molecule has 2 fully saturated rings. The molecular formula is C18H27N3O2. The molecule has 2 unspecified atom stereocenters. The average Bonchev–Trinajstić information content (AvgIpc) is 2.65. The van der Waals surface area contributed by atoms with Crippen molar-refractivity contribution in [2.45, 2.75) is 19.5 Å². The second kappa shape index (κ2) is 6.99. The molecule has 2 heterocycles. The number of likely N-dealkylation sites (N-methyl/N-ethyl adjacent to an activating group) is 1. The molecule has 5 heteroatoms. The summed E-state index contributed by atoms with van der Waals surface area (Å²) in [6.45, 7) is 8.40. The topological polar surface area (TPSA) is 47.0 Å². The SMILES string of the molecule is Cc1cccc(CN2CCN3CC(C(=O)O)CN(C)CC3C2)c1. The zero-order chi connectivity index (χ0) is 16.4. The Morgan fingerprint density at radius 3 is 2.78 bits per heavy atom. The van der Waals surface area contributed by atoms with Crippen molar-refractivity contribution in [1.29, 1.82) is 0 Å². The minimum atomic E-state index is -0.667. The number of aliphatic carboxylic acids is 1. The number of nitrogens with zero attached hydrogens (tertiary/aromatic N) is 3. The molecule has 0 aliphatic carbocycles. The summed E-state index contributed by atoms with van der Waals surface area (Å²) in [7, 11) is 2.04. The first-order valence-corrected chi connectivity index (χ1v) is 8.44. The van der Waals surface area contributed by atoms with Crippen molar-refractivity contribution in [2.24, 2.45) is 5.92 Å². The third-order valence-corrected chi connectivity index (χ3v) is 5.04. The normalized spacial score (nSPS) is 27.4. The van der Waals surface area contributed by atoms with Crippen molar-refractivity contribution in [3.05, 3.63) is 35.4 Å². The van der Waals surface area contributed by atoms with E-state index in [4.69, 9.17) is 0 Å². The van der Waals surface area contributed by atoms with Gasteiger partial charge in [0.15, 0.2) is 0 Å². The van der Waals surface area contributed by atoms with Gasteiger partial charge in [-0.25, -0.2) is 0 Å². The molecule has 0 amide bonds. The number of fused-ring (bicyclic) bond motifs is 1. The van der Waals surface area contributed by atoms with Crippen LogP contribution in [-0.4, -0.2) is 78.1 Å². The lowest BCUT2D eigenvalue weighted by Gasteiger charge is -2.41. The van der Waals surface area contributed by atoms with Crippen LogP contribution in [0.1, 0.15) is 11.1 Å². The number of hydrogen-bond acceptors (Lipinski definition) is 4. The number of benzene rings is 1. The lowest BCUT2D eigenvalue weighted by molar-refractivity contribution is -0.142. The van der Waals surface area contributed by atoms with E-state index >= 15 is 0 Å². The zero-order valence-corrected chi connectivity index (χ0v) is 14.1. The molecule has 0 saturated carbocycles. The van der Waals surface area contributed by atoms with E-state index in [1.807, 2.05) is 7.05 Å². The monoisotopic (exact) mass is 317 g/mol. The molecule has 0 spiro atoms. The summed E-state index contributed by atoms with van der Waals surface area (Å²) in [5.74, 6) is -0.937. The molecule has 0 bridgehead atoms. The van der Waals surface area contributed by atoms with Crippen LogP contribution in [0.25, 0.3) is 0 Å². The molecule has 126 valence electrons. The Morgan fingerprint density at radius 1 is 1.22 bits per heavy atom. The number of rotatable bonds is 3. The van der Waals surface area contributed by atoms with Crippen molar-refractivity contribution in [1.82, 2.24) is 14.7 Å². The summed E-state index contributed by atoms with van der Waals surface area (Å²) in [4.78, 5) is 18.5. The summed E-state index contributed by atoms with van der Waals surface area (Å²) in [5, 5.41) is 9.38. The van der Waals surface area contributed by atoms with Crippen LogP contribution in [0.2, 0.25) is 0 Å². The molecule has 5 nitrogen and oxygen atoms in total. The fourth-order valence-electron chi connectivity index (χ4n) is 3.89. The minimum Gasteiger partial charge on any atom is -0.481 e. The molecule has 1 aromatic carbocycles. The first kappa shape index (κ1) is 16.4. The lowest BCUT2D eigenvalue weighted by Crippen LogP contribution is -2.55. The molecule has 2 aliphatic heterocycles. The van der Waals surface area contributed by atoms with Gasteiger partial charge in [-0.15, -0.1) is 0 Å². The predicted molar refractivity (Wildman–Crippen MR) is 90.4 cm³/mol. The highest BCUT2D eigenvalue weighted by Gasteiger charge is 2.35. The standard InChI is InChI=1S/C18H27N3O2/c1-14-4-3-5-15(8-14)9-20-6-7-21-11-16(18(22)23)10-19(2)12-17(21)13-20/h3-5,8,16-17H,6-7,9-13H2,1-2H3,(H,22,23). The van der Waals surface area contributed by atoms with Crippen LogP contribution in [0.15, 0.2) is 24.3 Å². The first-order chi connectivity index (χ1) is 11.0. The summed E-state index contributed by atoms with van der Waals surface area (Å²) in [6, 6.07) is 9.14. The molecular weight excluding hydrogens is 290 g/mol. The Hall–Kier alpha value is -1.43. The van der Waals surface area contributed by atoms with Gasteiger partial charge in [-0.1, -0.05) is 29.8 Å². The fourth-order valence-corrected chi connectivity index (χ4v) is 3.89. The maximum absolute atomic E-state index is 11.4. The molecule has 1 aromatic rings. The quantitative estimate of drug-likeness (QED) is 0.905. The van der Waals surface area contributed by atoms with E-state index < -0.39 is 5.97 Å². The van der Waals surface area contributed by atoms with Crippen LogP contribution in [0.3, 0.4) is 0 Å². The molecule has 0 aromatic heterocycles. The average molecular weight is 317 g/mol. The van der Waals surface area contributed by atoms with Gasteiger partial charge in [0.2, 0.25) is 0 Å². The van der Waals surface area contributed by atoms with Gasteiger partial charge in [0.05, 0.1) is 5.92 Å². The summed E-state index contributed by atoms with van der Waals surface area (Å²) in [5.41, 5.74) is 2.67. The van der Waals surface area contributed by atoms with Crippen LogP contribution in [-0.2, 0) is 11.3 Å². The Kier molecular flexibility index (Phi) is 4.99. The van der Waals surface area contributed by atoms with Crippen LogP contribution in [0.5, 0.6) is 0 Å². The van der Waals surface area contributed by atoms with E-state index in [1.54, 1.807) is 0 Å². The molecule has 1 N–H and O–H groups in total. The third kappa shape index (κ3) is 4.10. The molecule has 2 atom stereocenters. The molecule has 0 radical (unpaired) electrons. The van der Waals surface area contributed by atoms with Gasteiger partial charge < -0.3 is 10.0 Å². The number of aryl methyl sites for hydroxylation is 1. The Labute approximate surface area is 138 Å². The fraction of sp³-hybridized carbons (Fsp3) is 0.611. The zero-order valence-electron chi connectivity index (χ0n) is 14.1. The van der Waals surface area contributed by atoms with E-state index in [2.05, 4.69) is 45.9 Å². The Balaban J connectivity index is 1.64. The molecule has 3 rings (SSSR count). The van der Waals surface area contributed by atoms with Crippen molar-refractivity contribution in [3.8, 4) is 0 Å². The van der Waals surface area contributed by atoms with Gasteiger partial charge in [-0.05, 0) is 19.5 Å². The van der Waals surface area contributed by atoms with Crippen LogP contribution in [0.4, 0.5) is 0 Å². The number of piperazine rings is 1. The summed E-state index contributed by atoms with van der Waals surface area (Å²) >= 11 is 0. The highest BCUT2D eigenvalue weighted by Crippen LogP contribution is 2.20. The van der Waals surface area contributed by atoms with Gasteiger partial charge in [0.1, 0.15) is 0 Å². The Morgan fingerprint density at radius 2 is 2.04 bits per heavy atom. The predicted octanol–water partition coefficient (Wildman–Crippen LogP) is 1.13. The van der Waals surface area contributed by atoms with Crippen LogP contribution >= 0.6 is 0 Å². The highest BCUT2D eigenvalue weighted by atomic mass is 16.4. The second-order valence-corrected chi connectivity index (χ2v) is 7.13. The number of carbonyl (C=O) groups is 1. The lowest BCUT2D eigenvalue weighted by atomic mass is 10.1. The smallest absolute Gasteiger partial charge is 0.309 e. The summed E-state index contributed by atoms with van der Waals surface area (Å²) < 4.78 is 0. The van der Waals surface area contributed by atoms with Crippen molar-refractivity contribution in [3.63, 3.8) is 0 Å². The first-order valence-electron chi connectivity index (χ1n) is 8.44. The highest BCUT2D eigenvalue weighted by molar-refractivity contribution is 5.70. The van der Waals surface area contributed by atoms with Crippen molar-refractivity contribution in [2.75, 3.05) is 46.3 Å². The second-order valence-electron chi connectivity index (χ2n) is 7.13. The van der Waals surface area contributed by atoms with Gasteiger partial charge in [-0.3, -0.25) is 14.6 Å². The summed E-state index contributed by atoms with van der Waals surface area (Å²) in [6.07, 6.45) is 0. The van der Waals surface area contributed by atoms with Gasteiger partial charge in [0.25, 0.3) is 0 Å². The van der Waals surface area contributed by atoms with E-state index in [-0.39, 0.29) is 5.92 Å². The van der Waals surface area contributed by atoms with E-state index in [0.717, 1.165) is 32.7 Å². The number of hydrogen-bond donors (Lipinski definition) is 1. The maximum Gasteiger partial charge on any atom is 0.309 e. The van der Waals surface area contributed by atoms with Gasteiger partial charge >= 0.3 is 5.97 Å². The minimum absolute atomic E-state index is 0.270. The van der Waals surface area contributed by atoms with Crippen LogP contribution < -0.4 is 0 Å². The Bertz CT molecular complexity index is 563. The van der Waals surface area contributed by atoms with Crippen LogP contribution in [0, 0.1) is 12.8 Å². The molecule has 2 aliphatic rings. The third-order valence-electron chi connectivity index (χ3n) is 5.04. The van der Waals surface area contributed by atoms with E-state index in [0.29, 0.717) is 19.1 Å². The maximum atomic E-state index is 11.4. The van der Waals surface area contributed by atoms with Crippen molar-refractivity contribution >= 4 is 5.97 Å². The van der Waals surface area contributed by atoms with Gasteiger partial charge in [-0.2, -0.15) is 0 Å². The van der Waals surface area contributed by atoms with E-state index in [1.165, 1.54) is 11.1 Å². The number of carboxylic acid groups (broad SMARTS) is 1. The number of carboxylic acids is 1. The van der Waals surface area contributed by atoms with Crippen molar-refractivity contribution < 1.29 is 9.90 Å².